The lowest BCUT2D eigenvalue weighted by Gasteiger charge is -2.14. The van der Waals surface area contributed by atoms with E-state index in [1.165, 1.54) is 6.42 Å². The summed E-state index contributed by atoms with van der Waals surface area (Å²) in [6.45, 7) is 2.20. The molecule has 1 atom stereocenters. The lowest BCUT2D eigenvalue weighted by atomic mass is 9.90. The van der Waals surface area contributed by atoms with Crippen molar-refractivity contribution in [3.63, 3.8) is 0 Å². The zero-order chi connectivity index (χ0) is 13.0. The Morgan fingerprint density at radius 2 is 2.00 bits per heavy atom. The van der Waals surface area contributed by atoms with Gasteiger partial charge >= 0.3 is 0 Å². The predicted octanol–water partition coefficient (Wildman–Crippen LogP) is 3.09. The number of aryl methyl sites for hydroxylation is 1. The fraction of sp³-hybridized carbons (Fsp3) is 0.500. The van der Waals surface area contributed by atoms with Crippen molar-refractivity contribution in [1.29, 1.82) is 0 Å². The Balaban J connectivity index is 1.96. The minimum absolute atomic E-state index is 0.240. The van der Waals surface area contributed by atoms with E-state index in [2.05, 4.69) is 6.42 Å². The summed E-state index contributed by atoms with van der Waals surface area (Å²) < 4.78 is 29.0. The quantitative estimate of drug-likeness (QED) is 0.622. The second-order valence-electron chi connectivity index (χ2n) is 4.83. The lowest BCUT2D eigenvalue weighted by Crippen LogP contribution is -2.17. The first-order valence-electron chi connectivity index (χ1n) is 6.37. The van der Waals surface area contributed by atoms with Gasteiger partial charge in [-0.1, -0.05) is 17.7 Å². The predicted molar refractivity (Wildman–Crippen MR) is 70.6 cm³/mol. The summed E-state index contributed by atoms with van der Waals surface area (Å²) in [6, 6.07) is 6.75. The van der Waals surface area contributed by atoms with Crippen molar-refractivity contribution in [2.24, 2.45) is 5.92 Å². The highest BCUT2D eigenvalue weighted by Gasteiger charge is 2.25. The van der Waals surface area contributed by atoms with Crippen LogP contribution < -0.4 is 0 Å². The normalized spacial score (nSPS) is 20.4. The van der Waals surface area contributed by atoms with Gasteiger partial charge in [-0.3, -0.25) is 4.18 Å². The van der Waals surface area contributed by atoms with E-state index in [4.69, 9.17) is 4.18 Å². The highest BCUT2D eigenvalue weighted by molar-refractivity contribution is 7.86. The molecule has 18 heavy (non-hydrogen) atoms. The molecule has 0 N–H and O–H groups in total. The van der Waals surface area contributed by atoms with Gasteiger partial charge in [0, 0.05) is 0 Å². The molecule has 1 saturated carbocycles. The first-order chi connectivity index (χ1) is 8.58. The van der Waals surface area contributed by atoms with Crippen molar-refractivity contribution in [3.8, 4) is 0 Å². The number of benzene rings is 1. The standard InChI is InChI=1S/C14H19O3S/c1-12-7-9-14(10-8-12)18(15,16)17-11-13-5-3-2-4-6-13/h5,7-10,13H,2-4,6,11H2,1H3/q+1. The summed E-state index contributed by atoms with van der Waals surface area (Å²) in [4.78, 5) is 0.240. The minimum Gasteiger partial charge on any atom is -0.262 e. The second kappa shape index (κ2) is 5.76. The van der Waals surface area contributed by atoms with Gasteiger partial charge in [-0.2, -0.15) is 8.42 Å². The second-order valence-corrected chi connectivity index (χ2v) is 6.45. The average Bonchev–Trinajstić information content (AvgIpc) is 2.38. The van der Waals surface area contributed by atoms with Crippen LogP contribution in [-0.2, 0) is 14.3 Å². The molecule has 1 unspecified atom stereocenters. The van der Waals surface area contributed by atoms with Crippen molar-refractivity contribution in [2.45, 2.75) is 37.5 Å². The highest BCUT2D eigenvalue weighted by atomic mass is 32.2. The molecule has 0 heterocycles. The maximum atomic E-state index is 12.0. The van der Waals surface area contributed by atoms with Crippen LogP contribution in [0.5, 0.6) is 0 Å². The van der Waals surface area contributed by atoms with Crippen molar-refractivity contribution in [2.75, 3.05) is 6.61 Å². The van der Waals surface area contributed by atoms with Gasteiger partial charge in [0.1, 0.15) is 12.5 Å². The molecule has 1 aliphatic rings. The number of hydrogen-bond donors (Lipinski definition) is 0. The van der Waals surface area contributed by atoms with E-state index in [9.17, 15) is 8.42 Å². The number of rotatable bonds is 4. The van der Waals surface area contributed by atoms with E-state index in [-0.39, 0.29) is 17.4 Å². The summed E-state index contributed by atoms with van der Waals surface area (Å²) in [5, 5.41) is 0. The molecular weight excluding hydrogens is 248 g/mol. The van der Waals surface area contributed by atoms with E-state index in [1.54, 1.807) is 24.3 Å². The summed E-state index contributed by atoms with van der Waals surface area (Å²) in [5.74, 6) is 0.277. The molecule has 1 aromatic carbocycles. The van der Waals surface area contributed by atoms with E-state index < -0.39 is 10.1 Å². The fourth-order valence-corrected chi connectivity index (χ4v) is 3.08. The maximum Gasteiger partial charge on any atom is 0.297 e. The summed E-state index contributed by atoms with van der Waals surface area (Å²) in [5.41, 5.74) is 1.04. The van der Waals surface area contributed by atoms with Crippen LogP contribution in [0.4, 0.5) is 0 Å². The number of hydrogen-bond acceptors (Lipinski definition) is 3. The van der Waals surface area contributed by atoms with Crippen LogP contribution in [0.3, 0.4) is 0 Å². The van der Waals surface area contributed by atoms with Crippen molar-refractivity contribution < 1.29 is 12.6 Å². The van der Waals surface area contributed by atoms with Gasteiger partial charge in [0.05, 0.1) is 17.7 Å². The molecule has 0 radical (unpaired) electrons. The third kappa shape index (κ3) is 3.50. The summed E-state index contributed by atoms with van der Waals surface area (Å²) in [7, 11) is -3.60. The first kappa shape index (κ1) is 13.4. The molecule has 0 bridgehead atoms. The zero-order valence-corrected chi connectivity index (χ0v) is 11.4. The average molecular weight is 267 g/mol. The summed E-state index contributed by atoms with van der Waals surface area (Å²) >= 11 is 0. The van der Waals surface area contributed by atoms with Crippen LogP contribution in [0.25, 0.3) is 0 Å². The Hall–Kier alpha value is -1.00. The van der Waals surface area contributed by atoms with Crippen molar-refractivity contribution >= 4 is 10.1 Å². The van der Waals surface area contributed by atoms with Crippen LogP contribution in [-0.4, -0.2) is 15.0 Å². The molecule has 0 spiro atoms. The molecule has 98 valence electrons. The monoisotopic (exact) mass is 267 g/mol. The molecule has 4 heteroatoms. The Kier molecular flexibility index (Phi) is 4.30. The van der Waals surface area contributed by atoms with Gasteiger partial charge in [-0.25, -0.2) is 0 Å². The van der Waals surface area contributed by atoms with Crippen LogP contribution in [0.1, 0.15) is 31.2 Å². The SMILES string of the molecule is Cc1ccc(S(=O)(=O)OCC2[CH+]CCCC2)cc1. The Morgan fingerprint density at radius 3 is 2.61 bits per heavy atom. The molecule has 0 aromatic heterocycles. The van der Waals surface area contributed by atoms with E-state index in [1.807, 2.05) is 6.92 Å². The van der Waals surface area contributed by atoms with E-state index in [0.717, 1.165) is 24.8 Å². The molecule has 1 fully saturated rings. The highest BCUT2D eigenvalue weighted by Crippen LogP contribution is 2.24. The smallest absolute Gasteiger partial charge is 0.262 e. The van der Waals surface area contributed by atoms with Gasteiger partial charge in [-0.05, 0) is 38.3 Å². The Bertz CT molecular complexity index is 470. The molecule has 2 rings (SSSR count). The van der Waals surface area contributed by atoms with Gasteiger partial charge in [0.15, 0.2) is 0 Å². The molecular formula is C14H19O3S+. The third-order valence-electron chi connectivity index (χ3n) is 3.28. The molecule has 0 aliphatic heterocycles. The van der Waals surface area contributed by atoms with Gasteiger partial charge in [-0.15, -0.1) is 0 Å². The minimum atomic E-state index is -3.60. The molecule has 0 saturated heterocycles. The molecule has 1 aromatic rings. The van der Waals surface area contributed by atoms with Gasteiger partial charge in [0.25, 0.3) is 10.1 Å². The Labute approximate surface area is 109 Å². The zero-order valence-electron chi connectivity index (χ0n) is 10.6. The molecule has 3 nitrogen and oxygen atoms in total. The van der Waals surface area contributed by atoms with Crippen molar-refractivity contribution in [1.82, 2.24) is 0 Å². The van der Waals surface area contributed by atoms with E-state index >= 15 is 0 Å². The van der Waals surface area contributed by atoms with Crippen LogP contribution in [0, 0.1) is 19.3 Å². The van der Waals surface area contributed by atoms with Crippen LogP contribution in [0.15, 0.2) is 29.2 Å². The Morgan fingerprint density at radius 1 is 1.28 bits per heavy atom. The lowest BCUT2D eigenvalue weighted by molar-refractivity contribution is 0.247. The third-order valence-corrected chi connectivity index (χ3v) is 4.57. The van der Waals surface area contributed by atoms with E-state index in [0.29, 0.717) is 0 Å². The van der Waals surface area contributed by atoms with Gasteiger partial charge in [0.2, 0.25) is 0 Å². The van der Waals surface area contributed by atoms with Crippen LogP contribution >= 0.6 is 0 Å². The first-order valence-corrected chi connectivity index (χ1v) is 7.78. The topological polar surface area (TPSA) is 43.4 Å². The van der Waals surface area contributed by atoms with Crippen molar-refractivity contribution in [3.05, 3.63) is 36.2 Å². The van der Waals surface area contributed by atoms with Gasteiger partial charge < -0.3 is 0 Å². The molecule has 0 amide bonds. The van der Waals surface area contributed by atoms with Crippen LogP contribution in [0.2, 0.25) is 0 Å². The molecule has 1 aliphatic carbocycles. The largest absolute Gasteiger partial charge is 0.297 e. The fourth-order valence-electron chi connectivity index (χ4n) is 2.12. The summed E-state index contributed by atoms with van der Waals surface area (Å²) in [6.07, 6.45) is 6.65. The maximum absolute atomic E-state index is 12.0.